The molecule has 82 valence electrons. The van der Waals surface area contributed by atoms with Gasteiger partial charge in [-0.25, -0.2) is 0 Å². The molecule has 1 nitrogen and oxygen atoms in total. The lowest BCUT2D eigenvalue weighted by Gasteiger charge is -2.29. The Labute approximate surface area is 99.7 Å². The van der Waals surface area contributed by atoms with Gasteiger partial charge in [0.15, 0.2) is 0 Å². The first-order valence-electron chi connectivity index (χ1n) is 5.23. The topological polar surface area (TPSA) is 20.2 Å². The maximum Gasteiger partial charge on any atom is 0.1000 e. The van der Waals surface area contributed by atoms with Crippen LogP contribution >= 0.6 is 23.5 Å². The molecule has 1 atom stereocenters. The van der Waals surface area contributed by atoms with Crippen molar-refractivity contribution in [1.29, 1.82) is 0 Å². The molecule has 2 rings (SSSR count). The molecule has 0 aliphatic carbocycles. The maximum absolute atomic E-state index is 10.2. The quantitative estimate of drug-likeness (QED) is 0.857. The lowest BCUT2D eigenvalue weighted by atomic mass is 10.1. The van der Waals surface area contributed by atoms with Crippen molar-refractivity contribution in [3.8, 4) is 0 Å². The second-order valence-electron chi connectivity index (χ2n) is 4.00. The summed E-state index contributed by atoms with van der Waals surface area (Å²) in [7, 11) is 0. The highest BCUT2D eigenvalue weighted by molar-refractivity contribution is 8.17. The maximum atomic E-state index is 10.2. The van der Waals surface area contributed by atoms with Gasteiger partial charge in [0.1, 0.15) is 0 Å². The van der Waals surface area contributed by atoms with Gasteiger partial charge in [-0.05, 0) is 23.0 Å². The molecule has 0 amide bonds. The summed E-state index contributed by atoms with van der Waals surface area (Å²) in [5.74, 6) is 3.11. The SMILES string of the molecule is CC1CSC(C(O)c2ccccc2)SC1. The van der Waals surface area contributed by atoms with Crippen LogP contribution in [0, 0.1) is 5.92 Å². The van der Waals surface area contributed by atoms with E-state index in [1.165, 1.54) is 11.5 Å². The molecule has 1 heterocycles. The van der Waals surface area contributed by atoms with Gasteiger partial charge < -0.3 is 5.11 Å². The molecule has 0 bridgehead atoms. The summed E-state index contributed by atoms with van der Waals surface area (Å²) in [5.41, 5.74) is 1.04. The number of aliphatic hydroxyl groups is 1. The number of hydrogen-bond donors (Lipinski definition) is 1. The minimum absolute atomic E-state index is 0.309. The van der Waals surface area contributed by atoms with Crippen LogP contribution in [-0.2, 0) is 0 Å². The number of rotatable bonds is 2. The van der Waals surface area contributed by atoms with E-state index < -0.39 is 0 Å². The average molecular weight is 240 g/mol. The van der Waals surface area contributed by atoms with Crippen molar-refractivity contribution in [2.75, 3.05) is 11.5 Å². The van der Waals surface area contributed by atoms with Gasteiger partial charge in [-0.2, -0.15) is 0 Å². The van der Waals surface area contributed by atoms with Gasteiger partial charge in [-0.1, -0.05) is 37.3 Å². The van der Waals surface area contributed by atoms with Gasteiger partial charge in [0.05, 0.1) is 10.7 Å². The van der Waals surface area contributed by atoms with Crippen molar-refractivity contribution in [3.05, 3.63) is 35.9 Å². The summed E-state index contributed by atoms with van der Waals surface area (Å²) in [4.78, 5) is 0. The number of aliphatic hydroxyl groups excluding tert-OH is 1. The highest BCUT2D eigenvalue weighted by Gasteiger charge is 2.26. The molecule has 1 fully saturated rings. The summed E-state index contributed by atoms with van der Waals surface area (Å²) in [6.45, 7) is 2.27. The first kappa shape index (κ1) is 11.4. The summed E-state index contributed by atoms with van der Waals surface area (Å²) in [6, 6.07) is 9.96. The van der Waals surface area contributed by atoms with Crippen molar-refractivity contribution < 1.29 is 5.11 Å². The molecule has 0 radical (unpaired) electrons. The average Bonchev–Trinajstić information content (AvgIpc) is 2.30. The summed E-state index contributed by atoms with van der Waals surface area (Å²) in [5, 5.41) is 10.2. The van der Waals surface area contributed by atoms with E-state index >= 15 is 0 Å². The minimum Gasteiger partial charge on any atom is -0.386 e. The van der Waals surface area contributed by atoms with E-state index in [9.17, 15) is 5.11 Å². The lowest BCUT2D eigenvalue weighted by molar-refractivity contribution is 0.196. The minimum atomic E-state index is -0.325. The predicted octanol–water partition coefficient (Wildman–Crippen LogP) is 3.16. The highest BCUT2D eigenvalue weighted by atomic mass is 32.2. The van der Waals surface area contributed by atoms with E-state index in [0.717, 1.165) is 11.5 Å². The van der Waals surface area contributed by atoms with Gasteiger partial charge in [-0.15, -0.1) is 23.5 Å². The van der Waals surface area contributed by atoms with Crippen molar-refractivity contribution in [2.45, 2.75) is 17.6 Å². The van der Waals surface area contributed by atoms with Crippen LogP contribution in [0.2, 0.25) is 0 Å². The van der Waals surface area contributed by atoms with Crippen LogP contribution in [0.3, 0.4) is 0 Å². The first-order chi connectivity index (χ1) is 7.27. The number of hydrogen-bond acceptors (Lipinski definition) is 3. The van der Waals surface area contributed by atoms with E-state index in [4.69, 9.17) is 0 Å². The van der Waals surface area contributed by atoms with Crippen molar-refractivity contribution in [3.63, 3.8) is 0 Å². The fraction of sp³-hybridized carbons (Fsp3) is 0.500. The summed E-state index contributed by atoms with van der Waals surface area (Å²) in [6.07, 6.45) is -0.325. The van der Waals surface area contributed by atoms with Crippen molar-refractivity contribution >= 4 is 23.5 Å². The Balaban J connectivity index is 1.99. The molecule has 1 N–H and O–H groups in total. The molecule has 1 aliphatic rings. The Morgan fingerprint density at radius 3 is 2.40 bits per heavy atom. The van der Waals surface area contributed by atoms with Gasteiger partial charge in [0.25, 0.3) is 0 Å². The van der Waals surface area contributed by atoms with Crippen LogP contribution in [0.15, 0.2) is 30.3 Å². The van der Waals surface area contributed by atoms with Crippen LogP contribution in [0.1, 0.15) is 18.6 Å². The molecule has 0 aromatic heterocycles. The Morgan fingerprint density at radius 1 is 1.20 bits per heavy atom. The van der Waals surface area contributed by atoms with Crippen LogP contribution in [0.25, 0.3) is 0 Å². The van der Waals surface area contributed by atoms with Gasteiger partial charge in [0, 0.05) is 0 Å². The van der Waals surface area contributed by atoms with Crippen LogP contribution < -0.4 is 0 Å². The molecular weight excluding hydrogens is 224 g/mol. The van der Waals surface area contributed by atoms with E-state index in [2.05, 4.69) is 6.92 Å². The van der Waals surface area contributed by atoms with Crippen molar-refractivity contribution in [1.82, 2.24) is 0 Å². The fourth-order valence-electron chi connectivity index (χ4n) is 1.60. The summed E-state index contributed by atoms with van der Waals surface area (Å²) >= 11 is 3.77. The van der Waals surface area contributed by atoms with Crippen LogP contribution in [0.5, 0.6) is 0 Å². The first-order valence-corrected chi connectivity index (χ1v) is 7.33. The zero-order valence-corrected chi connectivity index (χ0v) is 10.4. The molecule has 3 heteroatoms. The Morgan fingerprint density at radius 2 is 1.80 bits per heavy atom. The zero-order valence-electron chi connectivity index (χ0n) is 8.80. The predicted molar refractivity (Wildman–Crippen MR) is 69.3 cm³/mol. The molecule has 0 saturated carbocycles. The molecule has 1 saturated heterocycles. The molecule has 15 heavy (non-hydrogen) atoms. The fourth-order valence-corrected chi connectivity index (χ4v) is 4.56. The standard InChI is InChI=1S/C12H16OS2/c1-9-7-14-12(15-8-9)11(13)10-5-3-2-4-6-10/h2-6,9,11-13H,7-8H2,1H3. The molecule has 1 aliphatic heterocycles. The van der Waals surface area contributed by atoms with E-state index in [0.29, 0.717) is 4.58 Å². The zero-order chi connectivity index (χ0) is 10.7. The molecular formula is C12H16OS2. The van der Waals surface area contributed by atoms with Gasteiger partial charge >= 0.3 is 0 Å². The summed E-state index contributed by atoms with van der Waals surface area (Å²) < 4.78 is 0.309. The van der Waals surface area contributed by atoms with E-state index in [-0.39, 0.29) is 6.10 Å². The third-order valence-electron chi connectivity index (χ3n) is 2.49. The molecule has 0 spiro atoms. The Bertz CT molecular complexity index is 294. The lowest BCUT2D eigenvalue weighted by Crippen LogP contribution is -2.20. The highest BCUT2D eigenvalue weighted by Crippen LogP contribution is 2.40. The number of benzene rings is 1. The Kier molecular flexibility index (Phi) is 4.00. The van der Waals surface area contributed by atoms with Crippen molar-refractivity contribution in [2.24, 2.45) is 5.92 Å². The van der Waals surface area contributed by atoms with E-state index in [1.807, 2.05) is 53.9 Å². The molecule has 1 unspecified atom stereocenters. The van der Waals surface area contributed by atoms with E-state index in [1.54, 1.807) is 0 Å². The van der Waals surface area contributed by atoms with Gasteiger partial charge in [-0.3, -0.25) is 0 Å². The monoisotopic (exact) mass is 240 g/mol. The van der Waals surface area contributed by atoms with Crippen LogP contribution in [-0.4, -0.2) is 21.2 Å². The molecule has 1 aromatic rings. The largest absolute Gasteiger partial charge is 0.386 e. The number of thioether (sulfide) groups is 2. The molecule has 1 aromatic carbocycles. The Hall–Kier alpha value is -0.120. The van der Waals surface area contributed by atoms with Gasteiger partial charge in [0.2, 0.25) is 0 Å². The second-order valence-corrected chi connectivity index (χ2v) is 6.64. The second kappa shape index (κ2) is 5.28. The van der Waals surface area contributed by atoms with Crippen LogP contribution in [0.4, 0.5) is 0 Å². The third kappa shape index (κ3) is 2.92. The smallest absolute Gasteiger partial charge is 0.1000 e. The normalized spacial score (nSPS) is 28.7. The third-order valence-corrected chi connectivity index (χ3v) is 6.00.